The lowest BCUT2D eigenvalue weighted by Crippen LogP contribution is -2.20. The number of aliphatic imine (C=N–C) groups is 1. The van der Waals surface area contributed by atoms with E-state index >= 15 is 0 Å². The normalized spacial score (nSPS) is 20.3. The van der Waals surface area contributed by atoms with Crippen LogP contribution in [0.5, 0.6) is 0 Å². The van der Waals surface area contributed by atoms with Gasteiger partial charge in [0.05, 0.1) is 5.69 Å². The van der Waals surface area contributed by atoms with Gasteiger partial charge in [0.2, 0.25) is 5.91 Å². The summed E-state index contributed by atoms with van der Waals surface area (Å²) >= 11 is 0. The highest BCUT2D eigenvalue weighted by atomic mass is 19.1. The van der Waals surface area contributed by atoms with Crippen molar-refractivity contribution in [2.45, 2.75) is 25.2 Å². The molecule has 1 N–H and O–H groups in total. The van der Waals surface area contributed by atoms with Gasteiger partial charge < -0.3 is 10.2 Å². The van der Waals surface area contributed by atoms with Crippen LogP contribution in [0.4, 0.5) is 21.5 Å². The summed E-state index contributed by atoms with van der Waals surface area (Å²) in [5.41, 5.74) is 5.53. The molecule has 0 bridgehead atoms. The minimum Gasteiger partial charge on any atom is -0.371 e. The highest BCUT2D eigenvalue weighted by Crippen LogP contribution is 2.34. The number of carbonyl (C=O) groups is 1. The molecule has 2 aliphatic heterocycles. The number of fused-ring (bicyclic) bond motifs is 1. The molecule has 0 aliphatic carbocycles. The second-order valence-electron chi connectivity index (χ2n) is 8.13. The van der Waals surface area contributed by atoms with Gasteiger partial charge in [0.15, 0.2) is 0 Å². The average molecular weight is 414 g/mol. The Bertz CT molecular complexity index is 1160. The molecule has 5 nitrogen and oxygen atoms in total. The van der Waals surface area contributed by atoms with Crippen molar-refractivity contribution < 1.29 is 9.18 Å². The van der Waals surface area contributed by atoms with Crippen molar-refractivity contribution in [2.24, 2.45) is 4.99 Å². The summed E-state index contributed by atoms with van der Waals surface area (Å²) in [6.07, 6.45) is 4.54. The fraction of sp³-hybridized carbons (Fsp3) is 0.240. The Labute approximate surface area is 180 Å². The zero-order valence-corrected chi connectivity index (χ0v) is 17.3. The summed E-state index contributed by atoms with van der Waals surface area (Å²) in [6.45, 7) is 4.02. The minimum absolute atomic E-state index is 0.185. The standard InChI is InChI=1S/C25H23FN4O/c1-16-12-19(28-14-21-20-13-18(26)5-7-23(20)29-25(21)31)6-8-24(16)30-11-9-17(15-30)22-4-2-3-10-27-22/h2-8,10,12-14,17,21H,9,11,15H2,1H3,(H,29,31). The van der Waals surface area contributed by atoms with Gasteiger partial charge in [-0.05, 0) is 73.0 Å². The number of benzene rings is 2. The first-order chi connectivity index (χ1) is 15.1. The largest absolute Gasteiger partial charge is 0.371 e. The van der Waals surface area contributed by atoms with Crippen molar-refractivity contribution in [3.05, 3.63) is 83.4 Å². The van der Waals surface area contributed by atoms with Crippen LogP contribution in [0.2, 0.25) is 0 Å². The number of hydrogen-bond donors (Lipinski definition) is 1. The van der Waals surface area contributed by atoms with Gasteiger partial charge in [-0.3, -0.25) is 14.8 Å². The van der Waals surface area contributed by atoms with E-state index in [4.69, 9.17) is 0 Å². The van der Waals surface area contributed by atoms with Crippen LogP contribution in [0, 0.1) is 12.7 Å². The van der Waals surface area contributed by atoms with E-state index in [-0.39, 0.29) is 11.7 Å². The number of carbonyl (C=O) groups excluding carboxylic acids is 1. The summed E-state index contributed by atoms with van der Waals surface area (Å²) in [5, 5.41) is 2.78. The quantitative estimate of drug-likeness (QED) is 0.614. The highest BCUT2D eigenvalue weighted by molar-refractivity contribution is 6.12. The number of amides is 1. The predicted molar refractivity (Wildman–Crippen MR) is 121 cm³/mol. The van der Waals surface area contributed by atoms with E-state index in [0.717, 1.165) is 36.5 Å². The van der Waals surface area contributed by atoms with Crippen molar-refractivity contribution in [1.29, 1.82) is 0 Å². The van der Waals surface area contributed by atoms with Crippen molar-refractivity contribution in [3.8, 4) is 0 Å². The fourth-order valence-electron chi connectivity index (χ4n) is 4.48. The molecule has 3 aromatic rings. The lowest BCUT2D eigenvalue weighted by atomic mass is 10.0. The number of anilines is 2. The van der Waals surface area contributed by atoms with E-state index in [2.05, 4.69) is 39.2 Å². The third-order valence-electron chi connectivity index (χ3n) is 6.08. The number of pyridine rings is 1. The zero-order chi connectivity index (χ0) is 21.4. The lowest BCUT2D eigenvalue weighted by molar-refractivity contribution is -0.115. The van der Waals surface area contributed by atoms with Crippen LogP contribution in [0.25, 0.3) is 0 Å². The summed E-state index contributed by atoms with van der Waals surface area (Å²) in [5.74, 6) is -0.679. The molecular formula is C25H23FN4O. The Morgan fingerprint density at radius 2 is 2.10 bits per heavy atom. The van der Waals surface area contributed by atoms with Crippen LogP contribution >= 0.6 is 0 Å². The van der Waals surface area contributed by atoms with Crippen LogP contribution in [-0.2, 0) is 4.79 Å². The monoisotopic (exact) mass is 414 g/mol. The second-order valence-corrected chi connectivity index (χ2v) is 8.13. The Kier molecular flexibility index (Phi) is 4.98. The van der Waals surface area contributed by atoms with Gasteiger partial charge in [0.25, 0.3) is 0 Å². The van der Waals surface area contributed by atoms with Crippen LogP contribution in [-0.4, -0.2) is 30.2 Å². The van der Waals surface area contributed by atoms with Crippen molar-refractivity contribution >= 4 is 29.2 Å². The van der Waals surface area contributed by atoms with Gasteiger partial charge >= 0.3 is 0 Å². The maximum Gasteiger partial charge on any atom is 0.237 e. The third kappa shape index (κ3) is 3.81. The lowest BCUT2D eigenvalue weighted by Gasteiger charge is -2.21. The molecule has 5 rings (SSSR count). The number of aryl methyl sites for hydroxylation is 1. The first-order valence-electron chi connectivity index (χ1n) is 10.5. The van der Waals surface area contributed by atoms with Crippen LogP contribution in [0.3, 0.4) is 0 Å². The van der Waals surface area contributed by atoms with E-state index in [9.17, 15) is 9.18 Å². The number of halogens is 1. The van der Waals surface area contributed by atoms with Crippen molar-refractivity contribution in [3.63, 3.8) is 0 Å². The molecule has 2 atom stereocenters. The van der Waals surface area contributed by atoms with Crippen LogP contribution in [0.1, 0.15) is 35.1 Å². The van der Waals surface area contributed by atoms with Crippen molar-refractivity contribution in [1.82, 2.24) is 4.98 Å². The van der Waals surface area contributed by atoms with E-state index in [1.165, 1.54) is 17.8 Å². The SMILES string of the molecule is Cc1cc(N=CC2C(=O)Nc3ccc(F)cc32)ccc1N1CCC(c2ccccn2)C1. The molecule has 0 radical (unpaired) electrons. The highest BCUT2D eigenvalue weighted by Gasteiger charge is 2.29. The minimum atomic E-state index is -0.580. The first-order valence-corrected chi connectivity index (χ1v) is 10.5. The number of nitrogens with zero attached hydrogens (tertiary/aromatic N) is 3. The second kappa shape index (κ2) is 7.95. The smallest absolute Gasteiger partial charge is 0.237 e. The first kappa shape index (κ1) is 19.4. The molecule has 1 aromatic heterocycles. The molecule has 1 amide bonds. The number of hydrogen-bond acceptors (Lipinski definition) is 4. The van der Waals surface area contributed by atoms with Gasteiger partial charge in [-0.2, -0.15) is 0 Å². The van der Waals surface area contributed by atoms with Gasteiger partial charge in [-0.25, -0.2) is 4.39 Å². The van der Waals surface area contributed by atoms with Gasteiger partial charge in [0, 0.05) is 48.5 Å². The molecule has 31 heavy (non-hydrogen) atoms. The van der Waals surface area contributed by atoms with Crippen LogP contribution in [0.15, 0.2) is 65.8 Å². The molecule has 0 saturated carbocycles. The Hall–Kier alpha value is -3.54. The fourth-order valence-corrected chi connectivity index (χ4v) is 4.48. The van der Waals surface area contributed by atoms with Gasteiger partial charge in [0.1, 0.15) is 11.7 Å². The van der Waals surface area contributed by atoms with Crippen LogP contribution < -0.4 is 10.2 Å². The van der Waals surface area contributed by atoms with Gasteiger partial charge in [-0.15, -0.1) is 0 Å². The number of nitrogens with one attached hydrogen (secondary N) is 1. The van der Waals surface area contributed by atoms with E-state index in [0.29, 0.717) is 17.2 Å². The summed E-state index contributed by atoms with van der Waals surface area (Å²) in [6, 6.07) is 16.5. The molecule has 6 heteroatoms. The maximum atomic E-state index is 13.6. The molecule has 2 aromatic carbocycles. The van der Waals surface area contributed by atoms with Crippen molar-refractivity contribution in [2.75, 3.05) is 23.3 Å². The number of aromatic nitrogens is 1. The topological polar surface area (TPSA) is 57.6 Å². The Morgan fingerprint density at radius 3 is 2.90 bits per heavy atom. The number of rotatable bonds is 4. The summed E-state index contributed by atoms with van der Waals surface area (Å²) in [7, 11) is 0. The van der Waals surface area contributed by atoms with E-state index < -0.39 is 5.92 Å². The molecule has 3 heterocycles. The zero-order valence-electron chi connectivity index (χ0n) is 17.3. The maximum absolute atomic E-state index is 13.6. The molecular weight excluding hydrogens is 391 g/mol. The molecule has 1 saturated heterocycles. The predicted octanol–water partition coefficient (Wildman–Crippen LogP) is 4.96. The summed E-state index contributed by atoms with van der Waals surface area (Å²) < 4.78 is 13.6. The average Bonchev–Trinajstić information content (AvgIpc) is 3.37. The molecule has 2 aliphatic rings. The molecule has 2 unspecified atom stereocenters. The van der Waals surface area contributed by atoms with Gasteiger partial charge in [-0.1, -0.05) is 6.07 Å². The van der Waals surface area contributed by atoms with E-state index in [1.807, 2.05) is 30.5 Å². The molecule has 1 fully saturated rings. The molecule has 156 valence electrons. The third-order valence-corrected chi connectivity index (χ3v) is 6.08. The Balaban J connectivity index is 1.32. The molecule has 0 spiro atoms. The van der Waals surface area contributed by atoms with E-state index in [1.54, 1.807) is 12.3 Å². The summed E-state index contributed by atoms with van der Waals surface area (Å²) in [4.78, 5) is 23.7. The Morgan fingerprint density at radius 1 is 1.19 bits per heavy atom.